The number of benzene rings is 1. The van der Waals surface area contributed by atoms with Crippen molar-refractivity contribution in [3.05, 3.63) is 75.4 Å². The Morgan fingerprint density at radius 2 is 1.92 bits per heavy atom. The molecule has 2 heterocycles. The maximum absolute atomic E-state index is 12.3. The highest BCUT2D eigenvalue weighted by molar-refractivity contribution is 7.89. The molecule has 0 aliphatic carbocycles. The lowest BCUT2D eigenvalue weighted by Crippen LogP contribution is -2.20. The zero-order chi connectivity index (χ0) is 17.2. The van der Waals surface area contributed by atoms with Gasteiger partial charge in [-0.1, -0.05) is 23.7 Å². The number of hydrogen-bond donors (Lipinski definition) is 1. The second kappa shape index (κ2) is 6.58. The normalized spacial score (nSPS) is 11.5. The number of rotatable bonds is 5. The zero-order valence-electron chi connectivity index (χ0n) is 12.4. The van der Waals surface area contributed by atoms with Crippen molar-refractivity contribution in [1.82, 2.24) is 19.7 Å². The van der Waals surface area contributed by atoms with Crippen molar-refractivity contribution >= 4 is 21.4 Å². The first-order valence-corrected chi connectivity index (χ1v) is 9.16. The van der Waals surface area contributed by atoms with Gasteiger partial charge in [0.1, 0.15) is 0 Å². The quantitative estimate of drug-likeness (QED) is 0.743. The Labute approximate surface area is 142 Å². The summed E-state index contributed by atoms with van der Waals surface area (Å²) in [6, 6.07) is 8.22. The molecule has 3 aromatic rings. The molecule has 1 aromatic carbocycles. The number of aromatic amines is 1. The summed E-state index contributed by atoms with van der Waals surface area (Å²) < 4.78 is 26.0. The van der Waals surface area contributed by atoms with Crippen molar-refractivity contribution in [2.75, 3.05) is 0 Å². The molecule has 3 rings (SSSR count). The summed E-state index contributed by atoms with van der Waals surface area (Å²) in [6.45, 7) is 0. The van der Waals surface area contributed by atoms with Crippen LogP contribution in [-0.2, 0) is 21.3 Å². The molecule has 0 aliphatic heterocycles. The minimum absolute atomic E-state index is 0.0832. The molecule has 0 radical (unpaired) electrons. The van der Waals surface area contributed by atoms with Crippen LogP contribution in [0.4, 0.5) is 0 Å². The fourth-order valence-electron chi connectivity index (χ4n) is 2.15. The van der Waals surface area contributed by atoms with E-state index < -0.39 is 21.1 Å². The largest absolute Gasteiger partial charge is 0.291 e. The first-order valence-electron chi connectivity index (χ1n) is 6.96. The van der Waals surface area contributed by atoms with Crippen molar-refractivity contribution in [1.29, 1.82) is 0 Å². The van der Waals surface area contributed by atoms with Gasteiger partial charge in [-0.05, 0) is 23.8 Å². The fraction of sp³-hybridized carbons (Fsp3) is 0.133. The molecule has 0 saturated heterocycles. The molecule has 2 aromatic heterocycles. The van der Waals surface area contributed by atoms with Gasteiger partial charge >= 0.3 is 0 Å². The van der Waals surface area contributed by atoms with Crippen LogP contribution in [0.15, 0.2) is 53.7 Å². The molecule has 0 aliphatic rings. The van der Waals surface area contributed by atoms with E-state index in [4.69, 9.17) is 11.6 Å². The predicted octanol–water partition coefficient (Wildman–Crippen LogP) is 1.72. The van der Waals surface area contributed by atoms with Gasteiger partial charge in [0.25, 0.3) is 5.56 Å². The topological polar surface area (TPSA) is 97.7 Å². The van der Waals surface area contributed by atoms with E-state index >= 15 is 0 Å². The van der Waals surface area contributed by atoms with E-state index in [0.717, 1.165) is 0 Å². The minimum Gasteiger partial charge on any atom is -0.291 e. The lowest BCUT2D eigenvalue weighted by Gasteiger charge is -2.06. The predicted molar refractivity (Wildman–Crippen MR) is 89.8 cm³/mol. The molecule has 1 N–H and O–H groups in total. The first kappa shape index (κ1) is 16.4. The Morgan fingerprint density at radius 1 is 1.17 bits per heavy atom. The maximum Gasteiger partial charge on any atom is 0.256 e. The van der Waals surface area contributed by atoms with Crippen LogP contribution in [-0.4, -0.2) is 28.2 Å². The summed E-state index contributed by atoms with van der Waals surface area (Å²) in [4.78, 5) is 18.7. The molecule has 0 saturated carbocycles. The summed E-state index contributed by atoms with van der Waals surface area (Å²) in [5, 5.41) is 4.48. The Morgan fingerprint density at radius 3 is 2.54 bits per heavy atom. The molecular formula is C15H13ClN4O3S. The lowest BCUT2D eigenvalue weighted by atomic mass is 10.2. The molecule has 7 nitrogen and oxygen atoms in total. The third kappa shape index (κ3) is 3.90. The van der Waals surface area contributed by atoms with Crippen molar-refractivity contribution in [2.45, 2.75) is 11.5 Å². The van der Waals surface area contributed by atoms with E-state index in [9.17, 15) is 13.2 Å². The third-order valence-electron chi connectivity index (χ3n) is 3.26. The van der Waals surface area contributed by atoms with E-state index in [1.165, 1.54) is 10.9 Å². The van der Waals surface area contributed by atoms with Crippen LogP contribution < -0.4 is 5.56 Å². The number of aromatic nitrogens is 4. The van der Waals surface area contributed by atoms with E-state index in [2.05, 4.69) is 15.1 Å². The molecule has 0 spiro atoms. The van der Waals surface area contributed by atoms with Crippen LogP contribution in [0.3, 0.4) is 0 Å². The number of nitrogens with zero attached hydrogens (tertiary/aromatic N) is 3. The van der Waals surface area contributed by atoms with E-state index in [-0.39, 0.29) is 17.3 Å². The standard InChI is InChI=1S/C15H13ClN4O3S/c16-13-4-2-11(3-5-13)9-24(22,23)10-12-8-17-15(19-14(12)21)20-7-1-6-18-20/h1-8H,9-10H2,(H,17,19,21). The van der Waals surface area contributed by atoms with Gasteiger partial charge in [-0.3, -0.25) is 9.78 Å². The van der Waals surface area contributed by atoms with Gasteiger partial charge in [-0.15, -0.1) is 0 Å². The zero-order valence-corrected chi connectivity index (χ0v) is 14.0. The Balaban J connectivity index is 1.79. The van der Waals surface area contributed by atoms with Crippen LogP contribution in [0, 0.1) is 0 Å². The highest BCUT2D eigenvalue weighted by Gasteiger charge is 2.16. The monoisotopic (exact) mass is 364 g/mol. The van der Waals surface area contributed by atoms with Crippen LogP contribution in [0.2, 0.25) is 5.02 Å². The van der Waals surface area contributed by atoms with Crippen LogP contribution >= 0.6 is 11.6 Å². The van der Waals surface area contributed by atoms with Gasteiger partial charge in [-0.2, -0.15) is 5.10 Å². The highest BCUT2D eigenvalue weighted by atomic mass is 35.5. The van der Waals surface area contributed by atoms with Crippen molar-refractivity contribution in [3.8, 4) is 5.95 Å². The molecule has 124 valence electrons. The number of sulfone groups is 1. The molecule has 0 bridgehead atoms. The van der Waals surface area contributed by atoms with Gasteiger partial charge in [0.2, 0.25) is 5.95 Å². The molecule has 24 heavy (non-hydrogen) atoms. The summed E-state index contributed by atoms with van der Waals surface area (Å²) in [5.74, 6) is -0.342. The van der Waals surface area contributed by atoms with E-state index in [0.29, 0.717) is 10.6 Å². The smallest absolute Gasteiger partial charge is 0.256 e. The lowest BCUT2D eigenvalue weighted by molar-refractivity contribution is 0.594. The van der Waals surface area contributed by atoms with Gasteiger partial charge < -0.3 is 0 Å². The van der Waals surface area contributed by atoms with Gasteiger partial charge in [0.15, 0.2) is 9.84 Å². The second-order valence-electron chi connectivity index (χ2n) is 5.17. The molecule has 0 atom stereocenters. The first-order chi connectivity index (χ1) is 11.4. The molecule has 0 amide bonds. The highest BCUT2D eigenvalue weighted by Crippen LogP contribution is 2.14. The Kier molecular flexibility index (Phi) is 4.50. The Hall–Kier alpha value is -2.45. The number of H-pyrrole nitrogens is 1. The van der Waals surface area contributed by atoms with Crippen LogP contribution in [0.1, 0.15) is 11.1 Å². The summed E-state index contributed by atoms with van der Waals surface area (Å²) in [5.41, 5.74) is 0.187. The third-order valence-corrected chi connectivity index (χ3v) is 5.03. The van der Waals surface area contributed by atoms with Gasteiger partial charge in [-0.25, -0.2) is 18.1 Å². The van der Waals surface area contributed by atoms with Crippen molar-refractivity contribution in [2.24, 2.45) is 0 Å². The molecule has 0 fully saturated rings. The molecule has 0 unspecified atom stereocenters. The van der Waals surface area contributed by atoms with E-state index in [1.54, 1.807) is 42.7 Å². The maximum atomic E-state index is 12.3. The van der Waals surface area contributed by atoms with Gasteiger partial charge in [0.05, 0.1) is 17.1 Å². The second-order valence-corrected chi connectivity index (χ2v) is 7.67. The van der Waals surface area contributed by atoms with Gasteiger partial charge in [0, 0.05) is 23.6 Å². The Bertz CT molecular complexity index is 996. The summed E-state index contributed by atoms with van der Waals surface area (Å²) >= 11 is 5.78. The average molecular weight is 365 g/mol. The average Bonchev–Trinajstić information content (AvgIpc) is 3.06. The summed E-state index contributed by atoms with van der Waals surface area (Å²) in [6.07, 6.45) is 4.43. The van der Waals surface area contributed by atoms with E-state index in [1.807, 2.05) is 0 Å². The van der Waals surface area contributed by atoms with Crippen LogP contribution in [0.25, 0.3) is 5.95 Å². The molecular weight excluding hydrogens is 352 g/mol. The number of nitrogens with one attached hydrogen (secondary N) is 1. The van der Waals surface area contributed by atoms with Crippen LogP contribution in [0.5, 0.6) is 0 Å². The minimum atomic E-state index is -3.52. The summed E-state index contributed by atoms with van der Waals surface area (Å²) in [7, 11) is -3.52. The SMILES string of the molecule is O=c1[nH]c(-n2cccn2)ncc1CS(=O)(=O)Cc1ccc(Cl)cc1. The number of hydrogen-bond acceptors (Lipinski definition) is 5. The van der Waals surface area contributed by atoms with Crippen molar-refractivity contribution in [3.63, 3.8) is 0 Å². The molecule has 9 heteroatoms. The fourth-order valence-corrected chi connectivity index (χ4v) is 3.76. The number of halogens is 1. The van der Waals surface area contributed by atoms with Crippen molar-refractivity contribution < 1.29 is 8.42 Å².